The van der Waals surface area contributed by atoms with E-state index in [4.69, 9.17) is 5.73 Å². The number of benzene rings is 1. The monoisotopic (exact) mass is 152 g/mol. The van der Waals surface area contributed by atoms with Crippen LogP contribution in [0.15, 0.2) is 35.7 Å². The molecule has 0 aliphatic heterocycles. The molecule has 0 radical (unpaired) electrons. The van der Waals surface area contributed by atoms with E-state index in [1.807, 2.05) is 18.2 Å². The van der Waals surface area contributed by atoms with Crippen molar-refractivity contribution in [2.75, 3.05) is 0 Å². The SMILES string of the molecule is NC(ON=O)c1ccccc1. The van der Waals surface area contributed by atoms with Crippen molar-refractivity contribution in [3.8, 4) is 0 Å². The molecule has 4 heteroatoms. The van der Waals surface area contributed by atoms with Crippen LogP contribution in [0.25, 0.3) is 0 Å². The largest absolute Gasteiger partial charge is 0.340 e. The maximum absolute atomic E-state index is 9.64. The standard InChI is InChI=1S/C7H8N2O2/c8-7(11-9-10)6-4-2-1-3-5-6/h1-5,7H,8H2. The van der Waals surface area contributed by atoms with Crippen LogP contribution >= 0.6 is 0 Å². The minimum Gasteiger partial charge on any atom is -0.340 e. The Morgan fingerprint density at radius 2 is 2.00 bits per heavy atom. The van der Waals surface area contributed by atoms with Gasteiger partial charge < -0.3 is 4.84 Å². The lowest BCUT2D eigenvalue weighted by molar-refractivity contribution is 0.0595. The predicted molar refractivity (Wildman–Crippen MR) is 40.3 cm³/mol. The summed E-state index contributed by atoms with van der Waals surface area (Å²) in [5, 5.41) is 2.24. The first kappa shape index (κ1) is 7.68. The molecule has 11 heavy (non-hydrogen) atoms. The van der Waals surface area contributed by atoms with Gasteiger partial charge >= 0.3 is 0 Å². The van der Waals surface area contributed by atoms with Crippen molar-refractivity contribution in [1.82, 2.24) is 0 Å². The number of nitrogens with two attached hydrogens (primary N) is 1. The van der Waals surface area contributed by atoms with Crippen LogP contribution in [0.3, 0.4) is 0 Å². The summed E-state index contributed by atoms with van der Waals surface area (Å²) in [6.07, 6.45) is -0.756. The third-order valence-corrected chi connectivity index (χ3v) is 1.28. The lowest BCUT2D eigenvalue weighted by Crippen LogP contribution is -2.10. The Morgan fingerprint density at radius 3 is 2.55 bits per heavy atom. The molecule has 0 fully saturated rings. The molecule has 0 amide bonds. The number of hydrogen-bond acceptors (Lipinski definition) is 4. The number of hydrogen-bond donors (Lipinski definition) is 1. The summed E-state index contributed by atoms with van der Waals surface area (Å²) in [5.74, 6) is 0. The van der Waals surface area contributed by atoms with Gasteiger partial charge in [-0.2, -0.15) is 0 Å². The van der Waals surface area contributed by atoms with Crippen molar-refractivity contribution < 1.29 is 4.84 Å². The molecule has 58 valence electrons. The smallest absolute Gasteiger partial charge is 0.205 e. The molecule has 1 aromatic carbocycles. The summed E-state index contributed by atoms with van der Waals surface area (Å²) in [4.78, 5) is 13.9. The van der Waals surface area contributed by atoms with E-state index in [1.54, 1.807) is 12.1 Å². The summed E-state index contributed by atoms with van der Waals surface area (Å²) in [5.41, 5.74) is 6.12. The van der Waals surface area contributed by atoms with Gasteiger partial charge in [-0.05, 0) is 0 Å². The maximum Gasteiger partial charge on any atom is 0.205 e. The molecule has 0 aliphatic rings. The van der Waals surface area contributed by atoms with E-state index in [0.717, 1.165) is 5.56 Å². The Balaban J connectivity index is 2.68. The quantitative estimate of drug-likeness (QED) is 0.404. The van der Waals surface area contributed by atoms with Crippen LogP contribution in [-0.4, -0.2) is 0 Å². The zero-order valence-corrected chi connectivity index (χ0v) is 5.81. The molecule has 0 bridgehead atoms. The minimum atomic E-state index is -0.756. The van der Waals surface area contributed by atoms with E-state index in [1.165, 1.54) is 0 Å². The van der Waals surface area contributed by atoms with Gasteiger partial charge in [0.25, 0.3) is 0 Å². The summed E-state index contributed by atoms with van der Waals surface area (Å²) in [6, 6.07) is 8.99. The highest BCUT2D eigenvalue weighted by Gasteiger charge is 2.04. The maximum atomic E-state index is 9.64. The Morgan fingerprint density at radius 1 is 1.36 bits per heavy atom. The van der Waals surface area contributed by atoms with Crippen LogP contribution in [-0.2, 0) is 4.84 Å². The molecule has 1 unspecified atom stereocenters. The first-order chi connectivity index (χ1) is 5.34. The fourth-order valence-electron chi connectivity index (χ4n) is 0.750. The van der Waals surface area contributed by atoms with Crippen LogP contribution in [0.1, 0.15) is 11.8 Å². The Hall–Kier alpha value is -1.42. The molecule has 0 saturated carbocycles. The number of nitrogens with zero attached hydrogens (tertiary/aromatic N) is 1. The zero-order valence-electron chi connectivity index (χ0n) is 5.81. The summed E-state index contributed by atoms with van der Waals surface area (Å²) >= 11 is 0. The van der Waals surface area contributed by atoms with Gasteiger partial charge in [-0.1, -0.05) is 30.3 Å². The fourth-order valence-corrected chi connectivity index (χ4v) is 0.750. The van der Waals surface area contributed by atoms with E-state index in [-0.39, 0.29) is 0 Å². The third kappa shape index (κ3) is 2.01. The van der Waals surface area contributed by atoms with Crippen LogP contribution in [0.2, 0.25) is 0 Å². The molecule has 1 atom stereocenters. The highest BCUT2D eigenvalue weighted by molar-refractivity contribution is 5.16. The van der Waals surface area contributed by atoms with Crippen molar-refractivity contribution in [2.45, 2.75) is 6.23 Å². The predicted octanol–water partition coefficient (Wildman–Crippen LogP) is 1.34. The fraction of sp³-hybridized carbons (Fsp3) is 0.143. The van der Waals surface area contributed by atoms with Crippen molar-refractivity contribution in [3.63, 3.8) is 0 Å². The number of rotatable bonds is 3. The highest BCUT2D eigenvalue weighted by atomic mass is 16.7. The van der Waals surface area contributed by atoms with Crippen molar-refractivity contribution in [1.29, 1.82) is 0 Å². The Bertz CT molecular complexity index is 225. The first-order valence-electron chi connectivity index (χ1n) is 3.13. The summed E-state index contributed by atoms with van der Waals surface area (Å²) < 4.78 is 0. The molecule has 1 rings (SSSR count). The molecule has 0 spiro atoms. The Labute approximate surface area is 63.9 Å². The zero-order chi connectivity index (χ0) is 8.10. The van der Waals surface area contributed by atoms with Gasteiger partial charge in [0.15, 0.2) is 5.34 Å². The van der Waals surface area contributed by atoms with Gasteiger partial charge in [0.2, 0.25) is 6.23 Å². The molecule has 0 heterocycles. The van der Waals surface area contributed by atoms with E-state index < -0.39 is 6.23 Å². The van der Waals surface area contributed by atoms with Gasteiger partial charge in [0.05, 0.1) is 0 Å². The lowest BCUT2D eigenvalue weighted by Gasteiger charge is -2.05. The van der Waals surface area contributed by atoms with E-state index in [2.05, 4.69) is 10.2 Å². The lowest BCUT2D eigenvalue weighted by atomic mass is 10.2. The second kappa shape index (κ2) is 3.68. The molecule has 0 aliphatic carbocycles. The molecule has 4 nitrogen and oxygen atoms in total. The topological polar surface area (TPSA) is 64.7 Å². The van der Waals surface area contributed by atoms with Crippen LogP contribution in [0, 0.1) is 4.91 Å². The molecule has 0 aromatic heterocycles. The minimum absolute atomic E-state index is 0.729. The van der Waals surface area contributed by atoms with Crippen LogP contribution < -0.4 is 5.73 Å². The van der Waals surface area contributed by atoms with E-state index in [9.17, 15) is 4.91 Å². The Kier molecular flexibility index (Phi) is 2.57. The van der Waals surface area contributed by atoms with Crippen molar-refractivity contribution >= 4 is 0 Å². The second-order valence-electron chi connectivity index (χ2n) is 2.01. The molecular weight excluding hydrogens is 144 g/mol. The van der Waals surface area contributed by atoms with Crippen molar-refractivity contribution in [2.24, 2.45) is 11.1 Å². The van der Waals surface area contributed by atoms with Gasteiger partial charge in [-0.25, -0.2) is 0 Å². The van der Waals surface area contributed by atoms with Crippen molar-refractivity contribution in [3.05, 3.63) is 40.8 Å². The average molecular weight is 152 g/mol. The highest BCUT2D eigenvalue weighted by Crippen LogP contribution is 2.09. The normalized spacial score (nSPS) is 12.1. The first-order valence-corrected chi connectivity index (χ1v) is 3.13. The van der Waals surface area contributed by atoms with Crippen LogP contribution in [0.5, 0.6) is 0 Å². The molecule has 2 N–H and O–H groups in total. The van der Waals surface area contributed by atoms with Gasteiger partial charge in [0.1, 0.15) is 0 Å². The molecule has 0 saturated heterocycles. The molecular formula is C7H8N2O2. The van der Waals surface area contributed by atoms with Gasteiger partial charge in [0, 0.05) is 5.56 Å². The van der Waals surface area contributed by atoms with Gasteiger partial charge in [-0.3, -0.25) is 5.73 Å². The van der Waals surface area contributed by atoms with Crippen LogP contribution in [0.4, 0.5) is 0 Å². The van der Waals surface area contributed by atoms with Gasteiger partial charge in [-0.15, -0.1) is 4.91 Å². The summed E-state index contributed by atoms with van der Waals surface area (Å²) in [6.45, 7) is 0. The van der Waals surface area contributed by atoms with E-state index in [0.29, 0.717) is 0 Å². The van der Waals surface area contributed by atoms with E-state index >= 15 is 0 Å². The molecule has 1 aromatic rings. The average Bonchev–Trinajstić information content (AvgIpc) is 2.07. The summed E-state index contributed by atoms with van der Waals surface area (Å²) in [7, 11) is 0. The second-order valence-corrected chi connectivity index (χ2v) is 2.01. The third-order valence-electron chi connectivity index (χ3n) is 1.28.